The first kappa shape index (κ1) is 21.5. The molecule has 0 aliphatic carbocycles. The van der Waals surface area contributed by atoms with Gasteiger partial charge in [0.05, 0.1) is 23.6 Å². The van der Waals surface area contributed by atoms with Gasteiger partial charge < -0.3 is 20.3 Å². The van der Waals surface area contributed by atoms with Crippen LogP contribution in [0.15, 0.2) is 36.4 Å². The molecule has 0 heterocycles. The highest BCUT2D eigenvalue weighted by Gasteiger charge is 2.14. The SMILES string of the molecule is O=C(O)CCC(=O)Oc1cc(O)ccc1CCC(=O)Nc1ccc(Cl)cc1Cl. The van der Waals surface area contributed by atoms with E-state index in [0.717, 1.165) is 0 Å². The fourth-order valence-corrected chi connectivity index (χ4v) is 2.73. The number of phenolic OH excluding ortho intramolecular Hbond substituents is 1. The van der Waals surface area contributed by atoms with Gasteiger partial charge in [-0.1, -0.05) is 29.3 Å². The fraction of sp³-hybridized carbons (Fsp3) is 0.211. The van der Waals surface area contributed by atoms with E-state index in [1.165, 1.54) is 24.3 Å². The number of anilines is 1. The predicted octanol–water partition coefficient (Wildman–Crippen LogP) is 4.04. The van der Waals surface area contributed by atoms with Gasteiger partial charge in [-0.05, 0) is 36.2 Å². The van der Waals surface area contributed by atoms with Crippen LogP contribution in [0.2, 0.25) is 10.0 Å². The summed E-state index contributed by atoms with van der Waals surface area (Å²) in [6.45, 7) is 0. The van der Waals surface area contributed by atoms with Gasteiger partial charge >= 0.3 is 11.9 Å². The Kier molecular flexibility index (Phi) is 7.66. The normalized spacial score (nSPS) is 10.4. The Morgan fingerprint density at radius 3 is 2.43 bits per heavy atom. The third-order valence-corrected chi connectivity index (χ3v) is 4.19. The molecule has 9 heteroatoms. The molecule has 0 saturated heterocycles. The van der Waals surface area contributed by atoms with Gasteiger partial charge in [0.2, 0.25) is 5.91 Å². The van der Waals surface area contributed by atoms with Crippen molar-refractivity contribution in [2.45, 2.75) is 25.7 Å². The largest absolute Gasteiger partial charge is 0.508 e. The summed E-state index contributed by atoms with van der Waals surface area (Å²) >= 11 is 11.8. The molecule has 2 aromatic carbocycles. The molecule has 1 amide bonds. The second-order valence-corrected chi connectivity index (χ2v) is 6.68. The van der Waals surface area contributed by atoms with Crippen LogP contribution in [0.25, 0.3) is 0 Å². The average Bonchev–Trinajstić information content (AvgIpc) is 2.61. The Labute approximate surface area is 170 Å². The number of carboxylic acid groups (broad SMARTS) is 1. The van der Waals surface area contributed by atoms with E-state index < -0.39 is 11.9 Å². The lowest BCUT2D eigenvalue weighted by atomic mass is 10.1. The van der Waals surface area contributed by atoms with E-state index in [2.05, 4.69) is 5.32 Å². The number of benzene rings is 2. The predicted molar refractivity (Wildman–Crippen MR) is 104 cm³/mol. The van der Waals surface area contributed by atoms with Gasteiger partial charge in [-0.2, -0.15) is 0 Å². The molecule has 28 heavy (non-hydrogen) atoms. The molecule has 0 radical (unpaired) electrons. The molecule has 2 aromatic rings. The van der Waals surface area contributed by atoms with Crippen molar-refractivity contribution in [3.63, 3.8) is 0 Å². The van der Waals surface area contributed by atoms with Crippen molar-refractivity contribution in [1.29, 1.82) is 0 Å². The van der Waals surface area contributed by atoms with Crippen LogP contribution in [0, 0.1) is 0 Å². The molecule has 0 aliphatic heterocycles. The zero-order chi connectivity index (χ0) is 20.7. The molecule has 0 fully saturated rings. The number of hydrogen-bond donors (Lipinski definition) is 3. The van der Waals surface area contributed by atoms with Crippen LogP contribution < -0.4 is 10.1 Å². The number of aromatic hydroxyl groups is 1. The maximum Gasteiger partial charge on any atom is 0.311 e. The number of amides is 1. The molecule has 0 aromatic heterocycles. The number of carboxylic acids is 1. The van der Waals surface area contributed by atoms with Crippen molar-refractivity contribution in [3.05, 3.63) is 52.0 Å². The van der Waals surface area contributed by atoms with Crippen molar-refractivity contribution in [3.8, 4) is 11.5 Å². The molecular formula is C19H17Cl2NO6. The summed E-state index contributed by atoms with van der Waals surface area (Å²) in [5.41, 5.74) is 0.931. The first-order chi connectivity index (χ1) is 13.2. The van der Waals surface area contributed by atoms with E-state index in [-0.39, 0.29) is 43.1 Å². The van der Waals surface area contributed by atoms with E-state index in [1.807, 2.05) is 0 Å². The van der Waals surface area contributed by atoms with Gasteiger partial charge in [-0.25, -0.2) is 0 Å². The minimum atomic E-state index is -1.12. The number of carbonyl (C=O) groups excluding carboxylic acids is 2. The lowest BCUT2D eigenvalue weighted by Gasteiger charge is -2.11. The molecule has 0 saturated carbocycles. The van der Waals surface area contributed by atoms with Crippen LogP contribution in [-0.2, 0) is 20.8 Å². The van der Waals surface area contributed by atoms with Gasteiger partial charge in [-0.3, -0.25) is 14.4 Å². The summed E-state index contributed by atoms with van der Waals surface area (Å²) in [5, 5.41) is 21.6. The highest BCUT2D eigenvalue weighted by molar-refractivity contribution is 6.36. The summed E-state index contributed by atoms with van der Waals surface area (Å²) in [6, 6.07) is 8.85. The van der Waals surface area contributed by atoms with Crippen molar-refractivity contribution in [1.82, 2.24) is 0 Å². The Hall–Kier alpha value is -2.77. The fourth-order valence-electron chi connectivity index (χ4n) is 2.28. The van der Waals surface area contributed by atoms with Crippen molar-refractivity contribution in [2.75, 3.05) is 5.32 Å². The number of nitrogens with one attached hydrogen (secondary N) is 1. The number of esters is 1. The summed E-state index contributed by atoms with van der Waals surface area (Å²) in [5.74, 6) is -2.23. The zero-order valence-corrected chi connectivity index (χ0v) is 16.1. The van der Waals surface area contributed by atoms with Crippen molar-refractivity contribution in [2.24, 2.45) is 0 Å². The lowest BCUT2D eigenvalue weighted by molar-refractivity contribution is -0.142. The molecule has 3 N–H and O–H groups in total. The third kappa shape index (κ3) is 6.75. The number of rotatable bonds is 8. The molecule has 0 unspecified atom stereocenters. The lowest BCUT2D eigenvalue weighted by Crippen LogP contribution is -2.14. The van der Waals surface area contributed by atoms with Crippen molar-refractivity contribution < 1.29 is 29.3 Å². The first-order valence-corrected chi connectivity index (χ1v) is 8.99. The van der Waals surface area contributed by atoms with Crippen LogP contribution in [-0.4, -0.2) is 28.1 Å². The zero-order valence-electron chi connectivity index (χ0n) is 14.6. The molecule has 0 atom stereocenters. The van der Waals surface area contributed by atoms with E-state index in [9.17, 15) is 19.5 Å². The number of ether oxygens (including phenoxy) is 1. The van der Waals surface area contributed by atoms with Crippen LogP contribution in [0.1, 0.15) is 24.8 Å². The van der Waals surface area contributed by atoms with E-state index >= 15 is 0 Å². The van der Waals surface area contributed by atoms with Gasteiger partial charge in [-0.15, -0.1) is 0 Å². The first-order valence-electron chi connectivity index (χ1n) is 8.24. The van der Waals surface area contributed by atoms with Gasteiger partial charge in [0.1, 0.15) is 11.5 Å². The second-order valence-electron chi connectivity index (χ2n) is 5.83. The standard InChI is InChI=1S/C19H17Cl2NO6/c20-12-3-5-15(14(21)9-12)22-17(24)6-2-11-1-4-13(23)10-16(11)28-19(27)8-7-18(25)26/h1,3-5,9-10,23H,2,6-8H2,(H,22,24)(H,25,26). The number of phenols is 1. The number of carbonyl (C=O) groups is 3. The Morgan fingerprint density at radius 2 is 1.75 bits per heavy atom. The maximum absolute atomic E-state index is 12.2. The number of hydrogen-bond acceptors (Lipinski definition) is 5. The Balaban J connectivity index is 2.00. The average molecular weight is 426 g/mol. The van der Waals surface area contributed by atoms with E-state index in [0.29, 0.717) is 21.3 Å². The minimum Gasteiger partial charge on any atom is -0.508 e. The smallest absolute Gasteiger partial charge is 0.311 e. The molecular weight excluding hydrogens is 409 g/mol. The van der Waals surface area contributed by atoms with Crippen LogP contribution >= 0.6 is 23.2 Å². The van der Waals surface area contributed by atoms with Gasteiger partial charge in [0.25, 0.3) is 0 Å². The van der Waals surface area contributed by atoms with Crippen molar-refractivity contribution >= 4 is 46.7 Å². The summed E-state index contributed by atoms with van der Waals surface area (Å²) in [7, 11) is 0. The maximum atomic E-state index is 12.2. The molecule has 2 rings (SSSR count). The molecule has 0 spiro atoms. The number of halogens is 2. The van der Waals surface area contributed by atoms with E-state index in [4.69, 9.17) is 33.0 Å². The van der Waals surface area contributed by atoms with Crippen LogP contribution in [0.3, 0.4) is 0 Å². The second kappa shape index (κ2) is 9.96. The molecule has 148 valence electrons. The number of aryl methyl sites for hydroxylation is 1. The van der Waals surface area contributed by atoms with Crippen LogP contribution in [0.4, 0.5) is 5.69 Å². The summed E-state index contributed by atoms with van der Waals surface area (Å²) in [4.78, 5) is 34.5. The summed E-state index contributed by atoms with van der Waals surface area (Å²) in [6.07, 6.45) is -0.389. The van der Waals surface area contributed by atoms with E-state index in [1.54, 1.807) is 12.1 Å². The highest BCUT2D eigenvalue weighted by atomic mass is 35.5. The summed E-state index contributed by atoms with van der Waals surface area (Å²) < 4.78 is 5.13. The third-order valence-electron chi connectivity index (χ3n) is 3.64. The Bertz CT molecular complexity index is 900. The monoisotopic (exact) mass is 425 g/mol. The highest BCUT2D eigenvalue weighted by Crippen LogP contribution is 2.27. The molecule has 7 nitrogen and oxygen atoms in total. The molecule has 0 bridgehead atoms. The Morgan fingerprint density at radius 1 is 1.00 bits per heavy atom. The quantitative estimate of drug-likeness (QED) is 0.434. The number of aliphatic carboxylic acids is 1. The van der Waals surface area contributed by atoms with Gasteiger partial charge in [0, 0.05) is 17.5 Å². The van der Waals surface area contributed by atoms with Gasteiger partial charge in [0.15, 0.2) is 0 Å². The molecule has 0 aliphatic rings. The topological polar surface area (TPSA) is 113 Å². The minimum absolute atomic E-state index is 0.0589. The van der Waals surface area contributed by atoms with Crippen LogP contribution in [0.5, 0.6) is 11.5 Å².